The molecule has 1 aliphatic heterocycles. The molecule has 2 rings (SSSR count). The molecule has 1 aliphatic rings. The standard InChI is InChI=1S/C15H16ClN3O4/c16-11-5-3-10(4-6-11)15(17)18-23-14(22)2-1-9-19-12(20)7-8-13(19)21/h3-6H,1-2,7-9H2,(H2,17,18). The lowest BCUT2D eigenvalue weighted by Gasteiger charge is -2.12. The van der Waals surface area contributed by atoms with Crippen LogP contribution >= 0.6 is 11.6 Å². The highest BCUT2D eigenvalue weighted by Crippen LogP contribution is 2.13. The van der Waals surface area contributed by atoms with Gasteiger partial charge < -0.3 is 10.6 Å². The fraction of sp³-hybridized carbons (Fsp3) is 0.333. The van der Waals surface area contributed by atoms with Gasteiger partial charge in [-0.2, -0.15) is 0 Å². The van der Waals surface area contributed by atoms with Crippen molar-refractivity contribution in [2.75, 3.05) is 6.54 Å². The molecule has 122 valence electrons. The molecule has 2 amide bonds. The van der Waals surface area contributed by atoms with E-state index < -0.39 is 5.97 Å². The molecule has 0 saturated carbocycles. The quantitative estimate of drug-likeness (QED) is 0.278. The highest BCUT2D eigenvalue weighted by atomic mass is 35.5. The van der Waals surface area contributed by atoms with Gasteiger partial charge in [-0.25, -0.2) is 4.79 Å². The Morgan fingerprint density at radius 3 is 2.43 bits per heavy atom. The number of hydrogen-bond donors (Lipinski definition) is 1. The maximum atomic E-state index is 11.6. The van der Waals surface area contributed by atoms with E-state index in [4.69, 9.17) is 22.2 Å². The maximum absolute atomic E-state index is 11.6. The summed E-state index contributed by atoms with van der Waals surface area (Å²) in [6, 6.07) is 6.59. The summed E-state index contributed by atoms with van der Waals surface area (Å²) in [5, 5.41) is 4.12. The van der Waals surface area contributed by atoms with Crippen molar-refractivity contribution >= 4 is 35.2 Å². The van der Waals surface area contributed by atoms with Gasteiger partial charge in [0.2, 0.25) is 11.8 Å². The van der Waals surface area contributed by atoms with Crippen molar-refractivity contribution in [2.24, 2.45) is 10.9 Å². The van der Waals surface area contributed by atoms with E-state index in [9.17, 15) is 14.4 Å². The molecule has 1 fully saturated rings. The third-order valence-corrected chi connectivity index (χ3v) is 3.56. The summed E-state index contributed by atoms with van der Waals surface area (Å²) >= 11 is 5.76. The highest BCUT2D eigenvalue weighted by molar-refractivity contribution is 6.30. The summed E-state index contributed by atoms with van der Waals surface area (Å²) in [5.41, 5.74) is 6.27. The van der Waals surface area contributed by atoms with Crippen LogP contribution in [0.2, 0.25) is 5.02 Å². The zero-order valence-electron chi connectivity index (χ0n) is 12.3. The van der Waals surface area contributed by atoms with Gasteiger partial charge >= 0.3 is 5.97 Å². The van der Waals surface area contributed by atoms with Crippen LogP contribution in [0, 0.1) is 0 Å². The van der Waals surface area contributed by atoms with E-state index >= 15 is 0 Å². The van der Waals surface area contributed by atoms with Gasteiger partial charge in [-0.15, -0.1) is 0 Å². The van der Waals surface area contributed by atoms with Crippen molar-refractivity contribution in [3.63, 3.8) is 0 Å². The van der Waals surface area contributed by atoms with Gasteiger partial charge in [0.15, 0.2) is 5.84 Å². The Bertz CT molecular complexity index is 627. The third kappa shape index (κ3) is 4.79. The molecule has 0 unspecified atom stereocenters. The predicted octanol–water partition coefficient (Wildman–Crippen LogP) is 1.43. The van der Waals surface area contributed by atoms with Crippen LogP contribution in [0.1, 0.15) is 31.2 Å². The van der Waals surface area contributed by atoms with Crippen LogP contribution in [0.3, 0.4) is 0 Å². The van der Waals surface area contributed by atoms with E-state index in [0.29, 0.717) is 17.0 Å². The minimum absolute atomic E-state index is 0.0362. The summed E-state index contributed by atoms with van der Waals surface area (Å²) in [6.07, 6.45) is 0.845. The number of carbonyl (C=O) groups excluding carboxylic acids is 3. The second-order valence-corrected chi connectivity index (χ2v) is 5.43. The number of carbonyl (C=O) groups is 3. The topological polar surface area (TPSA) is 102 Å². The second kappa shape index (κ2) is 7.73. The average molecular weight is 338 g/mol. The van der Waals surface area contributed by atoms with Gasteiger partial charge in [0.1, 0.15) is 0 Å². The van der Waals surface area contributed by atoms with Crippen molar-refractivity contribution < 1.29 is 19.2 Å². The van der Waals surface area contributed by atoms with E-state index in [2.05, 4.69) is 5.16 Å². The van der Waals surface area contributed by atoms with Crippen LogP contribution in [0.4, 0.5) is 0 Å². The molecule has 23 heavy (non-hydrogen) atoms. The van der Waals surface area contributed by atoms with Crippen molar-refractivity contribution in [1.29, 1.82) is 0 Å². The van der Waals surface area contributed by atoms with Crippen LogP contribution in [0.25, 0.3) is 0 Å². The lowest BCUT2D eigenvalue weighted by molar-refractivity contribution is -0.145. The first kappa shape index (κ1) is 17.0. The molecule has 1 saturated heterocycles. The third-order valence-electron chi connectivity index (χ3n) is 3.30. The molecule has 1 aromatic rings. The number of rotatable bonds is 6. The zero-order chi connectivity index (χ0) is 16.8. The molecule has 0 radical (unpaired) electrons. The summed E-state index contributed by atoms with van der Waals surface area (Å²) in [6.45, 7) is 0.211. The molecule has 0 aromatic heterocycles. The van der Waals surface area contributed by atoms with E-state index in [1.165, 1.54) is 4.90 Å². The van der Waals surface area contributed by atoms with Crippen LogP contribution in [-0.4, -0.2) is 35.1 Å². The van der Waals surface area contributed by atoms with Gasteiger partial charge in [-0.05, 0) is 30.7 Å². The first-order valence-electron chi connectivity index (χ1n) is 7.10. The predicted molar refractivity (Wildman–Crippen MR) is 83.5 cm³/mol. The summed E-state index contributed by atoms with van der Waals surface area (Å²) in [4.78, 5) is 40.2. The number of benzene rings is 1. The molecule has 8 heteroatoms. The minimum atomic E-state index is -0.582. The number of nitrogens with two attached hydrogens (primary N) is 1. The Morgan fingerprint density at radius 2 is 1.83 bits per heavy atom. The SMILES string of the molecule is N/C(=N\OC(=O)CCCN1C(=O)CCC1=O)c1ccc(Cl)cc1. The normalized spacial score (nSPS) is 15.2. The fourth-order valence-electron chi connectivity index (χ4n) is 2.07. The van der Waals surface area contributed by atoms with Crippen LogP contribution in [-0.2, 0) is 19.2 Å². The zero-order valence-corrected chi connectivity index (χ0v) is 13.1. The molecular formula is C15H16ClN3O4. The van der Waals surface area contributed by atoms with Crippen molar-refractivity contribution in [3.05, 3.63) is 34.9 Å². The van der Waals surface area contributed by atoms with E-state index in [1.807, 2.05) is 0 Å². The molecule has 0 atom stereocenters. The number of imide groups is 1. The fourth-order valence-corrected chi connectivity index (χ4v) is 2.20. The Kier molecular flexibility index (Phi) is 5.70. The van der Waals surface area contributed by atoms with E-state index in [1.54, 1.807) is 24.3 Å². The van der Waals surface area contributed by atoms with Crippen LogP contribution < -0.4 is 5.73 Å². The molecule has 0 spiro atoms. The number of likely N-dealkylation sites (tertiary alicyclic amines) is 1. The first-order chi connectivity index (χ1) is 11.0. The van der Waals surface area contributed by atoms with Gasteiger partial charge in [0.05, 0.1) is 0 Å². The van der Waals surface area contributed by atoms with Crippen molar-refractivity contribution in [2.45, 2.75) is 25.7 Å². The Morgan fingerprint density at radius 1 is 1.22 bits per heavy atom. The van der Waals surface area contributed by atoms with E-state index in [0.717, 1.165) is 0 Å². The number of amides is 2. The summed E-state index contributed by atoms with van der Waals surface area (Å²) < 4.78 is 0. The molecule has 1 aromatic carbocycles. The Balaban J connectivity index is 1.76. The number of nitrogens with zero attached hydrogens (tertiary/aromatic N) is 2. The maximum Gasteiger partial charge on any atom is 0.335 e. The Hall–Kier alpha value is -2.41. The minimum Gasteiger partial charge on any atom is -0.380 e. The molecule has 0 bridgehead atoms. The number of hydrogen-bond acceptors (Lipinski definition) is 5. The van der Waals surface area contributed by atoms with Gasteiger partial charge in [-0.1, -0.05) is 16.8 Å². The van der Waals surface area contributed by atoms with Crippen LogP contribution in [0.5, 0.6) is 0 Å². The average Bonchev–Trinajstić information content (AvgIpc) is 2.85. The largest absolute Gasteiger partial charge is 0.380 e. The molecular weight excluding hydrogens is 322 g/mol. The lowest BCUT2D eigenvalue weighted by atomic mass is 10.2. The summed E-state index contributed by atoms with van der Waals surface area (Å²) in [7, 11) is 0. The smallest absolute Gasteiger partial charge is 0.335 e. The molecule has 7 nitrogen and oxygen atoms in total. The number of halogens is 1. The first-order valence-corrected chi connectivity index (χ1v) is 7.47. The highest BCUT2D eigenvalue weighted by Gasteiger charge is 2.28. The molecule has 2 N–H and O–H groups in total. The lowest BCUT2D eigenvalue weighted by Crippen LogP contribution is -2.30. The molecule has 1 heterocycles. The van der Waals surface area contributed by atoms with Crippen LogP contribution in [0.15, 0.2) is 29.4 Å². The van der Waals surface area contributed by atoms with Gasteiger partial charge in [0.25, 0.3) is 0 Å². The molecule has 0 aliphatic carbocycles. The van der Waals surface area contributed by atoms with Crippen molar-refractivity contribution in [1.82, 2.24) is 4.90 Å². The van der Waals surface area contributed by atoms with E-state index in [-0.39, 0.29) is 43.5 Å². The monoisotopic (exact) mass is 337 g/mol. The van der Waals surface area contributed by atoms with Crippen molar-refractivity contribution in [3.8, 4) is 0 Å². The second-order valence-electron chi connectivity index (χ2n) is 4.99. The summed E-state index contributed by atoms with van der Waals surface area (Å²) in [5.74, 6) is -0.928. The van der Waals surface area contributed by atoms with Gasteiger partial charge in [-0.3, -0.25) is 14.5 Å². The number of amidine groups is 1. The Labute approximate surface area is 138 Å². The number of oxime groups is 1. The van der Waals surface area contributed by atoms with Gasteiger partial charge in [0, 0.05) is 36.4 Å².